The molecule has 2 aromatic rings. The summed E-state index contributed by atoms with van der Waals surface area (Å²) < 4.78 is 56.1. The van der Waals surface area contributed by atoms with E-state index in [1.165, 1.54) is 11.0 Å². The van der Waals surface area contributed by atoms with Gasteiger partial charge in [-0.25, -0.2) is 17.6 Å². The van der Waals surface area contributed by atoms with E-state index >= 15 is 0 Å². The highest BCUT2D eigenvalue weighted by Gasteiger charge is 2.30. The van der Waals surface area contributed by atoms with E-state index < -0.39 is 24.6 Å². The molecule has 1 nitrogen and oxygen atoms in total. The van der Waals surface area contributed by atoms with Gasteiger partial charge in [-0.3, -0.25) is 0 Å². The van der Waals surface area contributed by atoms with Crippen molar-refractivity contribution in [1.29, 1.82) is 0 Å². The Morgan fingerprint density at radius 2 is 1.54 bits per heavy atom. The first-order valence-electron chi connectivity index (χ1n) is 8.76. The Bertz CT molecular complexity index is 884. The van der Waals surface area contributed by atoms with E-state index in [0.29, 0.717) is 14.7 Å². The molecule has 0 aliphatic carbocycles. The quantitative estimate of drug-likeness (QED) is 0.315. The summed E-state index contributed by atoms with van der Waals surface area (Å²) in [5, 5.41) is 0. The van der Waals surface area contributed by atoms with Crippen LogP contribution in [0.3, 0.4) is 0 Å². The van der Waals surface area contributed by atoms with Gasteiger partial charge in [-0.15, -0.1) is 0 Å². The van der Waals surface area contributed by atoms with Crippen LogP contribution in [0.25, 0.3) is 11.3 Å². The van der Waals surface area contributed by atoms with Crippen LogP contribution in [0.15, 0.2) is 70.5 Å². The lowest BCUT2D eigenvalue weighted by molar-refractivity contribution is 0.123. The van der Waals surface area contributed by atoms with Gasteiger partial charge in [-0.05, 0) is 46.4 Å². The normalized spacial score (nSPS) is 14.1. The van der Waals surface area contributed by atoms with Crippen LogP contribution in [-0.2, 0) is 0 Å². The van der Waals surface area contributed by atoms with E-state index in [0.717, 1.165) is 12.1 Å². The molecule has 0 atom stereocenters. The molecule has 1 aliphatic heterocycles. The fraction of sp³-hybridized carbons (Fsp3) is 0.182. The predicted octanol–water partition coefficient (Wildman–Crippen LogP) is 7.27. The fourth-order valence-electron chi connectivity index (χ4n) is 2.86. The van der Waals surface area contributed by atoms with Gasteiger partial charge in [0.15, 0.2) is 0 Å². The summed E-state index contributed by atoms with van der Waals surface area (Å²) in [5.74, 6) is -1.63. The average Bonchev–Trinajstić information content (AvgIpc) is 2.68. The monoisotopic (exact) mass is 501 g/mol. The predicted molar refractivity (Wildman–Crippen MR) is 115 cm³/mol. The van der Waals surface area contributed by atoms with Gasteiger partial charge in [0.2, 0.25) is 0 Å². The van der Waals surface area contributed by atoms with Crippen molar-refractivity contribution in [2.75, 3.05) is 6.54 Å². The average molecular weight is 501 g/mol. The van der Waals surface area contributed by atoms with Crippen LogP contribution >= 0.6 is 22.6 Å². The van der Waals surface area contributed by atoms with E-state index in [2.05, 4.69) is 6.58 Å². The van der Waals surface area contributed by atoms with Gasteiger partial charge in [0, 0.05) is 14.8 Å². The van der Waals surface area contributed by atoms with Crippen molar-refractivity contribution in [1.82, 2.24) is 4.90 Å². The number of alkyl halides is 2. The molecular formula is C22H20F4IN. The molecule has 0 fully saturated rings. The Hall–Kier alpha value is -2.09. The molecule has 2 aromatic carbocycles. The Morgan fingerprint density at radius 3 is 2.07 bits per heavy atom. The molecular weight excluding hydrogens is 481 g/mol. The van der Waals surface area contributed by atoms with Crippen LogP contribution in [0.2, 0.25) is 0 Å². The molecule has 6 heteroatoms. The van der Waals surface area contributed by atoms with Crippen molar-refractivity contribution in [3.8, 4) is 0 Å². The summed E-state index contributed by atoms with van der Waals surface area (Å²) in [6, 6.07) is 12.4. The van der Waals surface area contributed by atoms with Crippen LogP contribution in [0.4, 0.5) is 17.6 Å². The largest absolute Gasteiger partial charge is 0.334 e. The van der Waals surface area contributed by atoms with Crippen molar-refractivity contribution in [3.63, 3.8) is 0 Å². The second kappa shape index (κ2) is 9.91. The van der Waals surface area contributed by atoms with Crippen LogP contribution in [0.1, 0.15) is 25.0 Å². The van der Waals surface area contributed by atoms with Gasteiger partial charge < -0.3 is 4.90 Å². The zero-order valence-electron chi connectivity index (χ0n) is 15.5. The molecule has 28 heavy (non-hydrogen) atoms. The van der Waals surface area contributed by atoms with Crippen molar-refractivity contribution < 1.29 is 17.6 Å². The Kier molecular flexibility index (Phi) is 7.86. The third kappa shape index (κ3) is 4.66. The maximum absolute atomic E-state index is 14.5. The summed E-state index contributed by atoms with van der Waals surface area (Å²) >= 11 is 1.99. The second-order valence-electron chi connectivity index (χ2n) is 5.67. The maximum Gasteiger partial charge on any atom is 0.256 e. The Balaban J connectivity index is 0.00000136. The summed E-state index contributed by atoms with van der Waals surface area (Å²) in [7, 11) is 0. The van der Waals surface area contributed by atoms with E-state index in [1.54, 1.807) is 36.4 Å². The molecule has 0 amide bonds. The van der Waals surface area contributed by atoms with E-state index in [9.17, 15) is 17.6 Å². The number of hydrogen-bond acceptors (Lipinski definition) is 1. The molecule has 148 valence electrons. The van der Waals surface area contributed by atoms with Crippen molar-refractivity contribution in [2.45, 2.75) is 20.3 Å². The third-order valence-corrected chi connectivity index (χ3v) is 4.94. The van der Waals surface area contributed by atoms with Crippen molar-refractivity contribution in [3.05, 3.63) is 93.2 Å². The molecule has 0 N–H and O–H groups in total. The van der Waals surface area contributed by atoms with Crippen LogP contribution < -0.4 is 0 Å². The van der Waals surface area contributed by atoms with E-state index in [1.807, 2.05) is 36.4 Å². The lowest BCUT2D eigenvalue weighted by Gasteiger charge is -2.34. The van der Waals surface area contributed by atoms with Crippen molar-refractivity contribution in [2.24, 2.45) is 0 Å². The van der Waals surface area contributed by atoms with Gasteiger partial charge in [0.05, 0.1) is 17.8 Å². The molecule has 0 spiro atoms. The number of nitrogens with zero attached hydrogens (tertiary/aromatic N) is 1. The minimum atomic E-state index is -2.70. The topological polar surface area (TPSA) is 3.24 Å². The van der Waals surface area contributed by atoms with Crippen LogP contribution in [0.5, 0.6) is 0 Å². The Labute approximate surface area is 176 Å². The molecule has 3 rings (SSSR count). The number of allylic oxidation sites excluding steroid dienone is 3. The fourth-order valence-corrected chi connectivity index (χ4v) is 3.46. The number of rotatable bonds is 4. The lowest BCUT2D eigenvalue weighted by Crippen LogP contribution is -2.30. The first-order chi connectivity index (χ1) is 13.4. The highest BCUT2D eigenvalue weighted by Crippen LogP contribution is 2.42. The molecule has 0 aromatic heterocycles. The molecule has 0 saturated heterocycles. The van der Waals surface area contributed by atoms with Gasteiger partial charge in [-0.2, -0.15) is 0 Å². The molecule has 1 aliphatic rings. The molecule has 1 heterocycles. The standard InChI is InChI=1S/C20H14F4IN.C2H6/c1-12-17(25)10-14(13-6-3-2-4-7-13)20(26(12)11-18(23)24)19-15(21)8-5-9-16(19)22;1-2/h2-10,18H,1,11H2;1-2H3. The molecule has 0 unspecified atom stereocenters. The maximum atomic E-state index is 14.5. The van der Waals surface area contributed by atoms with Gasteiger partial charge in [0.1, 0.15) is 11.6 Å². The highest BCUT2D eigenvalue weighted by molar-refractivity contribution is 14.1. The lowest BCUT2D eigenvalue weighted by atomic mass is 9.94. The van der Waals surface area contributed by atoms with Crippen molar-refractivity contribution >= 4 is 33.9 Å². The number of hydrogen-bond donors (Lipinski definition) is 0. The number of benzene rings is 2. The minimum Gasteiger partial charge on any atom is -0.334 e. The van der Waals surface area contributed by atoms with Crippen LogP contribution in [0, 0.1) is 11.6 Å². The van der Waals surface area contributed by atoms with E-state index in [-0.39, 0.29) is 17.0 Å². The highest BCUT2D eigenvalue weighted by atomic mass is 127. The summed E-state index contributed by atoms with van der Waals surface area (Å²) in [6.45, 7) is 7.12. The SMILES string of the molecule is C=C1C(I)=CC(c2ccccc2)=C(c2c(F)cccc2F)N1CC(F)F.CC. The van der Waals surface area contributed by atoms with E-state index in [4.69, 9.17) is 0 Å². The summed E-state index contributed by atoms with van der Waals surface area (Å²) in [5.41, 5.74) is 1.13. The zero-order chi connectivity index (χ0) is 20.8. The van der Waals surface area contributed by atoms with Crippen LogP contribution in [-0.4, -0.2) is 17.9 Å². The third-order valence-electron chi connectivity index (χ3n) is 4.00. The first kappa shape index (κ1) is 22.2. The second-order valence-corrected chi connectivity index (χ2v) is 6.83. The van der Waals surface area contributed by atoms with Gasteiger partial charge >= 0.3 is 0 Å². The summed E-state index contributed by atoms with van der Waals surface area (Å²) in [4.78, 5) is 1.19. The first-order valence-corrected chi connectivity index (χ1v) is 9.84. The molecule has 0 radical (unpaired) electrons. The molecule has 0 saturated carbocycles. The van der Waals surface area contributed by atoms with Gasteiger partial charge in [-0.1, -0.05) is 56.8 Å². The smallest absolute Gasteiger partial charge is 0.256 e. The Morgan fingerprint density at radius 1 is 0.964 bits per heavy atom. The minimum absolute atomic E-state index is 0.0533. The zero-order valence-corrected chi connectivity index (χ0v) is 17.7. The van der Waals surface area contributed by atoms with Gasteiger partial charge in [0.25, 0.3) is 6.43 Å². The number of halogens is 5. The molecule has 0 bridgehead atoms. The summed E-state index contributed by atoms with van der Waals surface area (Å²) in [6.07, 6.45) is -0.989.